The summed E-state index contributed by atoms with van der Waals surface area (Å²) < 4.78 is 0. The quantitative estimate of drug-likeness (QED) is 0.693. The number of nitrogen functional groups attached to an aromatic ring is 1. The van der Waals surface area contributed by atoms with Crippen LogP contribution in [0.4, 0.5) is 11.4 Å². The summed E-state index contributed by atoms with van der Waals surface area (Å²) in [6, 6.07) is 12.2. The van der Waals surface area contributed by atoms with Crippen molar-refractivity contribution in [2.45, 2.75) is 0 Å². The molecule has 0 aliphatic heterocycles. The van der Waals surface area contributed by atoms with Gasteiger partial charge in [-0.05, 0) is 12.1 Å². The topological polar surface area (TPSA) is 29.3 Å². The molecule has 0 unspecified atom stereocenters. The highest BCUT2D eigenvalue weighted by Gasteiger charge is 2.03. The second-order valence-electron chi connectivity index (χ2n) is 3.61. The van der Waals surface area contributed by atoms with Crippen LogP contribution in [0.2, 0.25) is 0 Å². The average Bonchev–Trinajstić information content (AvgIpc) is 2.17. The second-order valence-corrected chi connectivity index (χ2v) is 3.61. The van der Waals surface area contributed by atoms with Crippen molar-refractivity contribution in [3.8, 4) is 0 Å². The van der Waals surface area contributed by atoms with E-state index in [1.165, 1.54) is 11.1 Å². The fourth-order valence-electron chi connectivity index (χ4n) is 1.71. The highest BCUT2D eigenvalue weighted by molar-refractivity contribution is 6.00. The number of hydrogen-bond acceptors (Lipinski definition) is 2. The molecule has 2 heteroatoms. The van der Waals surface area contributed by atoms with Gasteiger partial charge in [0, 0.05) is 36.2 Å². The molecular formula is C12H14N2. The molecule has 2 rings (SSSR count). The van der Waals surface area contributed by atoms with Gasteiger partial charge in [0.2, 0.25) is 0 Å². The van der Waals surface area contributed by atoms with Crippen LogP contribution < -0.4 is 10.6 Å². The number of rotatable bonds is 1. The molecule has 0 atom stereocenters. The smallest absolute Gasteiger partial charge is 0.0441 e. The molecule has 0 bridgehead atoms. The summed E-state index contributed by atoms with van der Waals surface area (Å²) in [5.41, 5.74) is 7.95. The third kappa shape index (κ3) is 1.29. The zero-order chi connectivity index (χ0) is 10.1. The zero-order valence-electron chi connectivity index (χ0n) is 8.49. The van der Waals surface area contributed by atoms with Crippen LogP contribution in [0.25, 0.3) is 10.8 Å². The van der Waals surface area contributed by atoms with E-state index in [4.69, 9.17) is 5.73 Å². The monoisotopic (exact) mass is 186 g/mol. The molecule has 2 aromatic carbocycles. The van der Waals surface area contributed by atoms with E-state index in [0.717, 1.165) is 11.1 Å². The maximum absolute atomic E-state index is 5.91. The maximum atomic E-state index is 5.91. The number of benzene rings is 2. The summed E-state index contributed by atoms with van der Waals surface area (Å²) in [7, 11) is 4.08. The molecule has 2 N–H and O–H groups in total. The molecule has 0 saturated heterocycles. The number of nitrogens with zero attached hydrogens (tertiary/aromatic N) is 1. The standard InChI is InChI=1S/C12H14N2/c1-14(2)12-8-4-5-9-10(12)6-3-7-11(9)13/h3-8H,13H2,1-2H3. The van der Waals surface area contributed by atoms with Crippen LogP contribution >= 0.6 is 0 Å². The number of fused-ring (bicyclic) bond motifs is 1. The Kier molecular flexibility index (Phi) is 2.04. The van der Waals surface area contributed by atoms with Gasteiger partial charge in [-0.25, -0.2) is 0 Å². The van der Waals surface area contributed by atoms with Gasteiger partial charge in [-0.2, -0.15) is 0 Å². The Labute approximate surface area is 83.9 Å². The fraction of sp³-hybridized carbons (Fsp3) is 0.167. The van der Waals surface area contributed by atoms with Crippen molar-refractivity contribution in [3.63, 3.8) is 0 Å². The normalized spacial score (nSPS) is 10.4. The predicted octanol–water partition coefficient (Wildman–Crippen LogP) is 2.49. The van der Waals surface area contributed by atoms with Gasteiger partial charge in [-0.15, -0.1) is 0 Å². The molecule has 72 valence electrons. The second kappa shape index (κ2) is 3.22. The first-order valence-corrected chi connectivity index (χ1v) is 4.64. The third-order valence-electron chi connectivity index (χ3n) is 2.41. The molecule has 0 aliphatic rings. The minimum atomic E-state index is 0.839. The van der Waals surface area contributed by atoms with Gasteiger partial charge >= 0.3 is 0 Å². The summed E-state index contributed by atoms with van der Waals surface area (Å²) in [4.78, 5) is 2.10. The Bertz CT molecular complexity index is 461. The Morgan fingerprint density at radius 2 is 1.57 bits per heavy atom. The molecule has 0 aliphatic carbocycles. The largest absolute Gasteiger partial charge is 0.398 e. The van der Waals surface area contributed by atoms with E-state index in [1.807, 2.05) is 32.3 Å². The van der Waals surface area contributed by atoms with Crippen LogP contribution in [0.1, 0.15) is 0 Å². The van der Waals surface area contributed by atoms with E-state index in [9.17, 15) is 0 Å². The molecule has 0 fully saturated rings. The van der Waals surface area contributed by atoms with E-state index in [0.29, 0.717) is 0 Å². The summed E-state index contributed by atoms with van der Waals surface area (Å²) >= 11 is 0. The Morgan fingerprint density at radius 3 is 2.29 bits per heavy atom. The molecule has 2 aromatic rings. The van der Waals surface area contributed by atoms with Crippen molar-refractivity contribution in [1.82, 2.24) is 0 Å². The van der Waals surface area contributed by atoms with Crippen LogP contribution in [0.15, 0.2) is 36.4 Å². The Morgan fingerprint density at radius 1 is 0.929 bits per heavy atom. The van der Waals surface area contributed by atoms with E-state index in [1.54, 1.807) is 0 Å². The number of hydrogen-bond donors (Lipinski definition) is 1. The lowest BCUT2D eigenvalue weighted by molar-refractivity contribution is 1.14. The minimum absolute atomic E-state index is 0.839. The first-order valence-electron chi connectivity index (χ1n) is 4.64. The van der Waals surface area contributed by atoms with Crippen molar-refractivity contribution < 1.29 is 0 Å². The maximum Gasteiger partial charge on any atom is 0.0441 e. The predicted molar refractivity (Wildman–Crippen MR) is 62.7 cm³/mol. The average molecular weight is 186 g/mol. The molecule has 0 spiro atoms. The molecule has 14 heavy (non-hydrogen) atoms. The van der Waals surface area contributed by atoms with Crippen LogP contribution in [0.3, 0.4) is 0 Å². The van der Waals surface area contributed by atoms with Crippen molar-refractivity contribution in [2.24, 2.45) is 0 Å². The van der Waals surface area contributed by atoms with Gasteiger partial charge in [0.25, 0.3) is 0 Å². The molecule has 0 heterocycles. The van der Waals surface area contributed by atoms with Crippen molar-refractivity contribution >= 4 is 22.1 Å². The van der Waals surface area contributed by atoms with Crippen LogP contribution in [-0.2, 0) is 0 Å². The Balaban J connectivity index is 2.81. The molecular weight excluding hydrogens is 172 g/mol. The summed E-state index contributed by atoms with van der Waals surface area (Å²) in [6.45, 7) is 0. The molecule has 0 amide bonds. The molecule has 2 nitrogen and oxygen atoms in total. The lowest BCUT2D eigenvalue weighted by atomic mass is 10.1. The summed E-state index contributed by atoms with van der Waals surface area (Å²) in [6.07, 6.45) is 0. The molecule has 0 saturated carbocycles. The van der Waals surface area contributed by atoms with Crippen LogP contribution in [0.5, 0.6) is 0 Å². The SMILES string of the molecule is CN(C)c1cccc2c(N)cccc12. The molecule has 0 aromatic heterocycles. The van der Waals surface area contributed by atoms with E-state index < -0.39 is 0 Å². The highest BCUT2D eigenvalue weighted by atomic mass is 15.1. The lowest BCUT2D eigenvalue weighted by Crippen LogP contribution is -2.08. The van der Waals surface area contributed by atoms with Gasteiger partial charge in [-0.1, -0.05) is 24.3 Å². The number of nitrogens with two attached hydrogens (primary N) is 1. The van der Waals surface area contributed by atoms with Crippen molar-refractivity contribution in [3.05, 3.63) is 36.4 Å². The van der Waals surface area contributed by atoms with Crippen LogP contribution in [-0.4, -0.2) is 14.1 Å². The highest BCUT2D eigenvalue weighted by Crippen LogP contribution is 2.28. The Hall–Kier alpha value is -1.70. The van der Waals surface area contributed by atoms with Gasteiger partial charge in [-0.3, -0.25) is 0 Å². The van der Waals surface area contributed by atoms with Gasteiger partial charge in [0.1, 0.15) is 0 Å². The van der Waals surface area contributed by atoms with Crippen molar-refractivity contribution in [1.29, 1.82) is 0 Å². The van der Waals surface area contributed by atoms with Gasteiger partial charge in [0.15, 0.2) is 0 Å². The number of anilines is 2. The lowest BCUT2D eigenvalue weighted by Gasteiger charge is -2.15. The minimum Gasteiger partial charge on any atom is -0.398 e. The summed E-state index contributed by atoms with van der Waals surface area (Å²) in [5, 5.41) is 2.33. The van der Waals surface area contributed by atoms with E-state index >= 15 is 0 Å². The van der Waals surface area contributed by atoms with E-state index in [2.05, 4.69) is 23.1 Å². The summed E-state index contributed by atoms with van der Waals surface area (Å²) in [5.74, 6) is 0. The van der Waals surface area contributed by atoms with Crippen LogP contribution in [0, 0.1) is 0 Å². The van der Waals surface area contributed by atoms with Gasteiger partial charge in [0.05, 0.1) is 0 Å². The van der Waals surface area contributed by atoms with Gasteiger partial charge < -0.3 is 10.6 Å². The first kappa shape index (κ1) is 8.88. The third-order valence-corrected chi connectivity index (χ3v) is 2.41. The fourth-order valence-corrected chi connectivity index (χ4v) is 1.71. The van der Waals surface area contributed by atoms with E-state index in [-0.39, 0.29) is 0 Å². The zero-order valence-corrected chi connectivity index (χ0v) is 8.49. The first-order chi connectivity index (χ1) is 6.70. The van der Waals surface area contributed by atoms with Crippen molar-refractivity contribution in [2.75, 3.05) is 24.7 Å². The molecule has 0 radical (unpaired) electrons.